The van der Waals surface area contributed by atoms with Crippen molar-refractivity contribution in [2.24, 2.45) is 0 Å². The van der Waals surface area contributed by atoms with E-state index in [4.69, 9.17) is 62.7 Å². The van der Waals surface area contributed by atoms with E-state index in [2.05, 4.69) is 5.32 Å². The molecule has 0 bridgehead atoms. The second-order valence-corrected chi connectivity index (χ2v) is 10.1. The smallest absolute Gasteiger partial charge is 0.266 e. The van der Waals surface area contributed by atoms with Gasteiger partial charge in [0, 0.05) is 25.7 Å². The molecular weight excluding hydrogens is 599 g/mol. The SMILES string of the molecule is O=C(C[n+]1ccn(CC(OCc2ccc(Cl)cc2Cl)c2ccc(Cl)cc2Cl)c1)Nc1ccccc1Cl.[Cl-]. The molecule has 0 radical (unpaired) electrons. The number of carbonyl (C=O) groups excluding carboxylic acids is 1. The quantitative estimate of drug-likeness (QED) is 0.278. The molecule has 5 nitrogen and oxygen atoms in total. The third-order valence-corrected chi connectivity index (χ3v) is 6.84. The maximum Gasteiger partial charge on any atom is 0.266 e. The van der Waals surface area contributed by atoms with Gasteiger partial charge < -0.3 is 22.5 Å². The molecule has 0 spiro atoms. The van der Waals surface area contributed by atoms with Crippen molar-refractivity contribution in [1.29, 1.82) is 0 Å². The molecule has 0 aliphatic rings. The molecule has 1 N–H and O–H groups in total. The van der Waals surface area contributed by atoms with E-state index in [0.29, 0.717) is 37.3 Å². The van der Waals surface area contributed by atoms with E-state index in [9.17, 15) is 4.79 Å². The number of nitrogens with one attached hydrogen (secondary N) is 1. The molecule has 11 heteroatoms. The summed E-state index contributed by atoms with van der Waals surface area (Å²) in [5.74, 6) is -0.197. The first-order valence-electron chi connectivity index (χ1n) is 10.9. The molecule has 0 aliphatic carbocycles. The Balaban J connectivity index is 0.00000380. The van der Waals surface area contributed by atoms with Crippen molar-refractivity contribution in [3.8, 4) is 0 Å². The average molecular weight is 620 g/mol. The van der Waals surface area contributed by atoms with Crippen molar-refractivity contribution in [2.75, 3.05) is 5.32 Å². The molecule has 1 atom stereocenters. The minimum Gasteiger partial charge on any atom is -1.00 e. The van der Waals surface area contributed by atoms with Gasteiger partial charge in [0.2, 0.25) is 6.33 Å². The first-order chi connectivity index (χ1) is 17.3. The highest BCUT2D eigenvalue weighted by molar-refractivity contribution is 6.35. The highest BCUT2D eigenvalue weighted by Crippen LogP contribution is 2.31. The summed E-state index contributed by atoms with van der Waals surface area (Å²) in [5.41, 5.74) is 2.15. The molecule has 0 fully saturated rings. The van der Waals surface area contributed by atoms with E-state index in [1.165, 1.54) is 0 Å². The summed E-state index contributed by atoms with van der Waals surface area (Å²) in [6.07, 6.45) is 5.07. The van der Waals surface area contributed by atoms with Crippen molar-refractivity contribution < 1.29 is 26.5 Å². The fourth-order valence-electron chi connectivity index (χ4n) is 3.58. The standard InChI is InChI=1S/C26H20Cl5N3O2.ClH/c27-18-6-5-17(22(30)11-18)15-36-25(20-8-7-19(28)12-23(20)31)13-33-9-10-34(16-33)14-26(35)32-24-4-2-1-3-21(24)29;/h1-12,16,25H,13-15H2;1H. The maximum absolute atomic E-state index is 12.5. The Hall–Kier alpha value is -1.96. The van der Waals surface area contributed by atoms with E-state index in [-0.39, 0.29) is 31.5 Å². The number of imidazole rings is 1. The van der Waals surface area contributed by atoms with Gasteiger partial charge in [-0.25, -0.2) is 9.13 Å². The fraction of sp³-hybridized carbons (Fsp3) is 0.154. The molecule has 4 rings (SSSR count). The van der Waals surface area contributed by atoms with Gasteiger partial charge >= 0.3 is 0 Å². The van der Waals surface area contributed by atoms with E-state index in [1.54, 1.807) is 47.0 Å². The molecule has 4 aromatic rings. The number of amides is 1. The number of rotatable bonds is 9. The number of carbonyl (C=O) groups is 1. The van der Waals surface area contributed by atoms with Gasteiger partial charge in [0.15, 0.2) is 6.54 Å². The summed E-state index contributed by atoms with van der Waals surface area (Å²) in [6.45, 7) is 0.804. The van der Waals surface area contributed by atoms with Gasteiger partial charge in [0.05, 0.1) is 17.3 Å². The number of nitrogens with zero attached hydrogens (tertiary/aromatic N) is 2. The molecule has 194 valence electrons. The van der Waals surface area contributed by atoms with Crippen molar-refractivity contribution in [2.45, 2.75) is 25.8 Å². The van der Waals surface area contributed by atoms with Crippen LogP contribution < -0.4 is 22.3 Å². The Morgan fingerprint density at radius 1 is 0.919 bits per heavy atom. The number of para-hydroxylation sites is 1. The third kappa shape index (κ3) is 8.26. The van der Waals surface area contributed by atoms with Crippen LogP contribution in [0.4, 0.5) is 5.69 Å². The van der Waals surface area contributed by atoms with Crippen LogP contribution in [-0.2, 0) is 29.2 Å². The second-order valence-electron chi connectivity index (χ2n) is 8.01. The van der Waals surface area contributed by atoms with Crippen molar-refractivity contribution in [3.05, 3.63) is 116 Å². The van der Waals surface area contributed by atoms with Crippen molar-refractivity contribution >= 4 is 69.6 Å². The van der Waals surface area contributed by atoms with Crippen LogP contribution in [-0.4, -0.2) is 10.5 Å². The zero-order chi connectivity index (χ0) is 25.7. The molecule has 3 aromatic carbocycles. The Morgan fingerprint density at radius 2 is 1.62 bits per heavy atom. The Morgan fingerprint density at radius 3 is 2.32 bits per heavy atom. The lowest BCUT2D eigenvalue weighted by Crippen LogP contribution is -3.00. The zero-order valence-electron chi connectivity index (χ0n) is 19.2. The van der Waals surface area contributed by atoms with E-state index < -0.39 is 6.10 Å². The van der Waals surface area contributed by atoms with Gasteiger partial charge in [-0.2, -0.15) is 0 Å². The topological polar surface area (TPSA) is 47.1 Å². The number of halogens is 6. The number of ether oxygens (including phenoxy) is 1. The normalized spacial score (nSPS) is 11.6. The predicted octanol–water partition coefficient (Wildman–Crippen LogP) is 4.64. The van der Waals surface area contributed by atoms with Crippen LogP contribution in [0, 0.1) is 0 Å². The van der Waals surface area contributed by atoms with Crippen molar-refractivity contribution in [1.82, 2.24) is 4.57 Å². The summed E-state index contributed by atoms with van der Waals surface area (Å²) < 4.78 is 9.95. The van der Waals surface area contributed by atoms with Crippen LogP contribution in [0.5, 0.6) is 0 Å². The number of benzene rings is 3. The van der Waals surface area contributed by atoms with E-state index >= 15 is 0 Å². The summed E-state index contributed by atoms with van der Waals surface area (Å²) in [6, 6.07) is 17.6. The van der Waals surface area contributed by atoms with Gasteiger partial charge in [-0.1, -0.05) is 82.3 Å². The molecule has 1 heterocycles. The minimum absolute atomic E-state index is 0. The first kappa shape index (κ1) is 29.6. The minimum atomic E-state index is -0.417. The fourth-order valence-corrected chi connectivity index (χ4v) is 4.76. The maximum atomic E-state index is 12.5. The first-order valence-corrected chi connectivity index (χ1v) is 12.8. The largest absolute Gasteiger partial charge is 1.00 e. The lowest BCUT2D eigenvalue weighted by atomic mass is 10.1. The Bertz CT molecular complexity index is 1380. The summed E-state index contributed by atoms with van der Waals surface area (Å²) in [5, 5.41) is 5.40. The van der Waals surface area contributed by atoms with Gasteiger partial charge in [-0.15, -0.1) is 0 Å². The Labute approximate surface area is 246 Å². The summed E-state index contributed by atoms with van der Waals surface area (Å²) >= 11 is 31.1. The molecule has 1 amide bonds. The van der Waals surface area contributed by atoms with Crippen molar-refractivity contribution in [3.63, 3.8) is 0 Å². The van der Waals surface area contributed by atoms with Crippen LogP contribution in [0.25, 0.3) is 0 Å². The summed E-state index contributed by atoms with van der Waals surface area (Å²) in [7, 11) is 0. The number of anilines is 1. The second kappa shape index (κ2) is 13.7. The zero-order valence-corrected chi connectivity index (χ0v) is 23.7. The van der Waals surface area contributed by atoms with Gasteiger partial charge in [-0.3, -0.25) is 4.79 Å². The number of aromatic nitrogens is 2. The highest BCUT2D eigenvalue weighted by Gasteiger charge is 2.21. The van der Waals surface area contributed by atoms with Crippen LogP contribution in [0.3, 0.4) is 0 Å². The van der Waals surface area contributed by atoms with Crippen LogP contribution in [0.15, 0.2) is 79.4 Å². The monoisotopic (exact) mass is 617 g/mol. The Kier molecular flexibility index (Phi) is 11.0. The molecule has 0 aliphatic heterocycles. The van der Waals surface area contributed by atoms with Crippen LogP contribution in [0.1, 0.15) is 17.2 Å². The van der Waals surface area contributed by atoms with Gasteiger partial charge in [0.1, 0.15) is 25.0 Å². The molecule has 37 heavy (non-hydrogen) atoms. The molecule has 0 saturated carbocycles. The van der Waals surface area contributed by atoms with E-state index in [1.807, 2.05) is 41.5 Å². The number of hydrogen-bond acceptors (Lipinski definition) is 2. The lowest BCUT2D eigenvalue weighted by Gasteiger charge is -2.19. The molecular formula is C26H21Cl6N3O2. The van der Waals surface area contributed by atoms with Gasteiger partial charge in [0.25, 0.3) is 5.91 Å². The number of hydrogen-bond donors (Lipinski definition) is 1. The third-order valence-electron chi connectivity index (χ3n) is 5.36. The van der Waals surface area contributed by atoms with Crippen LogP contribution in [0.2, 0.25) is 25.1 Å². The lowest BCUT2D eigenvalue weighted by molar-refractivity contribution is -0.683. The molecule has 1 aromatic heterocycles. The summed E-state index contributed by atoms with van der Waals surface area (Å²) in [4.78, 5) is 12.5. The van der Waals surface area contributed by atoms with Crippen LogP contribution >= 0.6 is 58.0 Å². The average Bonchev–Trinajstić information content (AvgIpc) is 3.26. The highest BCUT2D eigenvalue weighted by atomic mass is 35.5. The molecule has 1 unspecified atom stereocenters. The predicted molar refractivity (Wildman–Crippen MR) is 145 cm³/mol. The van der Waals surface area contributed by atoms with Gasteiger partial charge in [-0.05, 0) is 42.0 Å². The molecule has 0 saturated heterocycles. The van der Waals surface area contributed by atoms with E-state index in [0.717, 1.165) is 11.1 Å².